The fourth-order valence-electron chi connectivity index (χ4n) is 2.54. The first-order valence-corrected chi connectivity index (χ1v) is 7.01. The highest BCUT2D eigenvalue weighted by molar-refractivity contribution is 5.83. The van der Waals surface area contributed by atoms with Gasteiger partial charge in [0.25, 0.3) is 0 Å². The van der Waals surface area contributed by atoms with E-state index in [2.05, 4.69) is 26.3 Å². The van der Waals surface area contributed by atoms with Gasteiger partial charge in [-0.1, -0.05) is 17.3 Å². The van der Waals surface area contributed by atoms with Crippen molar-refractivity contribution in [2.45, 2.75) is 6.92 Å². The van der Waals surface area contributed by atoms with Crippen molar-refractivity contribution in [2.24, 2.45) is 0 Å². The van der Waals surface area contributed by atoms with Crippen molar-refractivity contribution in [2.75, 3.05) is 0 Å². The van der Waals surface area contributed by atoms with E-state index in [4.69, 9.17) is 0 Å². The molecule has 0 aliphatic rings. The van der Waals surface area contributed by atoms with Crippen LogP contribution in [0.5, 0.6) is 0 Å². The van der Waals surface area contributed by atoms with Crippen LogP contribution in [0.15, 0.2) is 61.1 Å². The van der Waals surface area contributed by atoms with E-state index in [-0.39, 0.29) is 0 Å². The molecule has 0 atom stereocenters. The maximum atomic E-state index is 4.34. The topological polar surface area (TPSA) is 56.5 Å². The number of rotatable bonds is 2. The highest BCUT2D eigenvalue weighted by Crippen LogP contribution is 2.25. The SMILES string of the molecule is Cc1c(-c2ccc3ncccc3c2)nnn1-c1cccnc1. The summed E-state index contributed by atoms with van der Waals surface area (Å²) in [7, 11) is 0. The number of pyridine rings is 2. The fourth-order valence-corrected chi connectivity index (χ4v) is 2.54. The van der Waals surface area contributed by atoms with Crippen LogP contribution < -0.4 is 0 Å². The molecule has 0 N–H and O–H groups in total. The summed E-state index contributed by atoms with van der Waals surface area (Å²) >= 11 is 0. The van der Waals surface area contributed by atoms with Crippen LogP contribution in [0.2, 0.25) is 0 Å². The number of hydrogen-bond acceptors (Lipinski definition) is 4. The highest BCUT2D eigenvalue weighted by Gasteiger charge is 2.12. The molecule has 106 valence electrons. The smallest absolute Gasteiger partial charge is 0.116 e. The Hall–Kier alpha value is -3.08. The molecule has 0 saturated carbocycles. The van der Waals surface area contributed by atoms with E-state index in [0.717, 1.165) is 33.5 Å². The van der Waals surface area contributed by atoms with E-state index in [1.54, 1.807) is 23.3 Å². The Morgan fingerprint density at radius 1 is 1.00 bits per heavy atom. The Morgan fingerprint density at radius 2 is 1.91 bits per heavy atom. The lowest BCUT2D eigenvalue weighted by Gasteiger charge is -2.04. The van der Waals surface area contributed by atoms with Gasteiger partial charge in [0.1, 0.15) is 5.69 Å². The molecular weight excluding hydrogens is 274 g/mol. The minimum Gasteiger partial charge on any atom is -0.262 e. The van der Waals surface area contributed by atoms with E-state index in [0.29, 0.717) is 0 Å². The first-order chi connectivity index (χ1) is 10.8. The second kappa shape index (κ2) is 5.04. The van der Waals surface area contributed by atoms with Gasteiger partial charge in [-0.15, -0.1) is 5.10 Å². The summed E-state index contributed by atoms with van der Waals surface area (Å²) in [6, 6.07) is 14.0. The first-order valence-electron chi connectivity index (χ1n) is 7.01. The monoisotopic (exact) mass is 287 g/mol. The lowest BCUT2D eigenvalue weighted by Crippen LogP contribution is -1.99. The third-order valence-corrected chi connectivity index (χ3v) is 3.66. The predicted octanol–water partition coefficient (Wildman–Crippen LogP) is 3.19. The normalized spacial score (nSPS) is 11.0. The van der Waals surface area contributed by atoms with Crippen molar-refractivity contribution < 1.29 is 0 Å². The third kappa shape index (κ3) is 2.03. The van der Waals surface area contributed by atoms with Gasteiger partial charge in [0.05, 0.1) is 23.1 Å². The molecule has 0 bridgehead atoms. The molecule has 5 heteroatoms. The summed E-state index contributed by atoms with van der Waals surface area (Å²) in [4.78, 5) is 8.47. The van der Waals surface area contributed by atoms with Crippen molar-refractivity contribution in [3.8, 4) is 16.9 Å². The molecule has 4 rings (SSSR count). The summed E-state index contributed by atoms with van der Waals surface area (Å²) in [6.45, 7) is 2.01. The van der Waals surface area contributed by atoms with Crippen LogP contribution >= 0.6 is 0 Å². The average Bonchev–Trinajstić information content (AvgIpc) is 2.97. The zero-order valence-corrected chi connectivity index (χ0v) is 12.0. The van der Waals surface area contributed by atoms with Crippen LogP contribution in [-0.4, -0.2) is 25.0 Å². The van der Waals surface area contributed by atoms with Gasteiger partial charge in [-0.3, -0.25) is 9.97 Å². The lowest BCUT2D eigenvalue weighted by molar-refractivity contribution is 0.782. The average molecular weight is 287 g/mol. The summed E-state index contributed by atoms with van der Waals surface area (Å²) in [5.74, 6) is 0. The lowest BCUT2D eigenvalue weighted by atomic mass is 10.1. The third-order valence-electron chi connectivity index (χ3n) is 3.66. The molecule has 4 aromatic rings. The minimum absolute atomic E-state index is 0.870. The Balaban J connectivity index is 1.84. The van der Waals surface area contributed by atoms with Gasteiger partial charge in [0.15, 0.2) is 0 Å². The molecule has 0 amide bonds. The molecular formula is C17H13N5. The van der Waals surface area contributed by atoms with Crippen LogP contribution in [-0.2, 0) is 0 Å². The molecule has 0 spiro atoms. The molecule has 0 fully saturated rings. The maximum absolute atomic E-state index is 4.34. The Bertz CT molecular complexity index is 944. The van der Waals surface area contributed by atoms with E-state index in [1.807, 2.05) is 43.3 Å². The molecule has 3 aromatic heterocycles. The van der Waals surface area contributed by atoms with E-state index in [1.165, 1.54) is 0 Å². The number of aromatic nitrogens is 5. The van der Waals surface area contributed by atoms with Crippen molar-refractivity contribution in [3.05, 3.63) is 66.7 Å². The molecule has 0 aliphatic carbocycles. The van der Waals surface area contributed by atoms with Gasteiger partial charge in [0.2, 0.25) is 0 Å². The van der Waals surface area contributed by atoms with Crippen LogP contribution in [0.1, 0.15) is 5.69 Å². The summed E-state index contributed by atoms with van der Waals surface area (Å²) in [5, 5.41) is 9.68. The molecule has 0 saturated heterocycles. The minimum atomic E-state index is 0.870. The summed E-state index contributed by atoms with van der Waals surface area (Å²) < 4.78 is 1.80. The standard InChI is InChI=1S/C17H13N5/c1-12-17(20-21-22(12)15-5-3-8-18-11-15)14-6-7-16-13(10-14)4-2-9-19-16/h2-11H,1H3. The number of nitrogens with zero attached hydrogens (tertiary/aromatic N) is 5. The van der Waals surface area contributed by atoms with Crippen LogP contribution in [0.4, 0.5) is 0 Å². The molecule has 0 radical (unpaired) electrons. The number of hydrogen-bond donors (Lipinski definition) is 0. The molecule has 0 unspecified atom stereocenters. The molecule has 22 heavy (non-hydrogen) atoms. The van der Waals surface area contributed by atoms with Crippen molar-refractivity contribution in [3.63, 3.8) is 0 Å². The Labute approximate surface area is 127 Å². The van der Waals surface area contributed by atoms with Gasteiger partial charge in [-0.05, 0) is 37.3 Å². The van der Waals surface area contributed by atoms with E-state index < -0.39 is 0 Å². The van der Waals surface area contributed by atoms with Crippen LogP contribution in [0, 0.1) is 6.92 Å². The number of fused-ring (bicyclic) bond motifs is 1. The summed E-state index contributed by atoms with van der Waals surface area (Å²) in [5.41, 5.74) is 4.77. The van der Waals surface area contributed by atoms with Crippen LogP contribution in [0.25, 0.3) is 27.8 Å². The predicted molar refractivity (Wildman–Crippen MR) is 84.6 cm³/mol. The molecule has 3 heterocycles. The van der Waals surface area contributed by atoms with Crippen LogP contribution in [0.3, 0.4) is 0 Å². The number of benzene rings is 1. The Kier molecular flexibility index (Phi) is 2.89. The Morgan fingerprint density at radius 3 is 2.77 bits per heavy atom. The summed E-state index contributed by atoms with van der Waals surface area (Å²) in [6.07, 6.45) is 5.31. The van der Waals surface area contributed by atoms with E-state index in [9.17, 15) is 0 Å². The van der Waals surface area contributed by atoms with Crippen molar-refractivity contribution in [1.29, 1.82) is 0 Å². The van der Waals surface area contributed by atoms with Gasteiger partial charge in [-0.25, -0.2) is 4.68 Å². The molecule has 0 aliphatic heterocycles. The maximum Gasteiger partial charge on any atom is 0.116 e. The largest absolute Gasteiger partial charge is 0.262 e. The highest BCUT2D eigenvalue weighted by atomic mass is 15.4. The van der Waals surface area contributed by atoms with E-state index >= 15 is 0 Å². The first kappa shape index (κ1) is 12.6. The van der Waals surface area contributed by atoms with Gasteiger partial charge in [0, 0.05) is 23.3 Å². The van der Waals surface area contributed by atoms with Crippen molar-refractivity contribution >= 4 is 10.9 Å². The van der Waals surface area contributed by atoms with Gasteiger partial charge < -0.3 is 0 Å². The zero-order chi connectivity index (χ0) is 14.9. The van der Waals surface area contributed by atoms with Gasteiger partial charge in [-0.2, -0.15) is 0 Å². The second-order valence-corrected chi connectivity index (χ2v) is 5.06. The second-order valence-electron chi connectivity index (χ2n) is 5.06. The quantitative estimate of drug-likeness (QED) is 0.568. The molecule has 1 aromatic carbocycles. The molecule has 5 nitrogen and oxygen atoms in total. The zero-order valence-electron chi connectivity index (χ0n) is 12.0. The fraction of sp³-hybridized carbons (Fsp3) is 0.0588. The van der Waals surface area contributed by atoms with Crippen molar-refractivity contribution in [1.82, 2.24) is 25.0 Å². The van der Waals surface area contributed by atoms with Gasteiger partial charge >= 0.3 is 0 Å².